The second-order valence-electron chi connectivity index (χ2n) is 7.25. The normalized spacial score (nSPS) is 26.3. The number of likely N-dealkylation sites (tertiary alicyclic amines) is 1. The first kappa shape index (κ1) is 16.5. The zero-order valence-electron chi connectivity index (χ0n) is 13.9. The number of rotatable bonds is 5. The van der Waals surface area contributed by atoms with E-state index < -0.39 is 0 Å². The maximum atomic E-state index is 12.2. The van der Waals surface area contributed by atoms with Gasteiger partial charge in [0, 0.05) is 25.0 Å². The van der Waals surface area contributed by atoms with Crippen molar-refractivity contribution in [1.29, 1.82) is 0 Å². The van der Waals surface area contributed by atoms with Crippen molar-refractivity contribution in [1.82, 2.24) is 10.2 Å². The molecule has 1 heterocycles. The molecule has 0 unspecified atom stereocenters. The van der Waals surface area contributed by atoms with Gasteiger partial charge >= 0.3 is 0 Å². The fourth-order valence-corrected chi connectivity index (χ4v) is 3.89. The van der Waals surface area contributed by atoms with E-state index in [4.69, 9.17) is 5.73 Å². The maximum absolute atomic E-state index is 12.2. The zero-order chi connectivity index (χ0) is 16.1. The van der Waals surface area contributed by atoms with Crippen LogP contribution in [0.15, 0.2) is 30.3 Å². The second-order valence-corrected chi connectivity index (χ2v) is 7.25. The Morgan fingerprint density at radius 1 is 1.13 bits per heavy atom. The highest BCUT2D eigenvalue weighted by Gasteiger charge is 2.25. The molecule has 2 aliphatic rings. The van der Waals surface area contributed by atoms with Crippen molar-refractivity contribution in [2.75, 3.05) is 13.1 Å². The minimum Gasteiger partial charge on any atom is -0.353 e. The Morgan fingerprint density at radius 2 is 1.87 bits per heavy atom. The number of piperidine rings is 1. The van der Waals surface area contributed by atoms with E-state index in [0.29, 0.717) is 18.4 Å². The van der Waals surface area contributed by atoms with E-state index in [1.807, 2.05) is 0 Å². The molecule has 1 aromatic rings. The van der Waals surface area contributed by atoms with E-state index >= 15 is 0 Å². The molecule has 1 saturated heterocycles. The van der Waals surface area contributed by atoms with Crippen LogP contribution < -0.4 is 11.1 Å². The molecule has 0 aromatic heterocycles. The smallest absolute Gasteiger partial charge is 0.220 e. The van der Waals surface area contributed by atoms with Gasteiger partial charge in [0.2, 0.25) is 5.91 Å². The predicted molar refractivity (Wildman–Crippen MR) is 92.8 cm³/mol. The van der Waals surface area contributed by atoms with E-state index in [0.717, 1.165) is 51.7 Å². The van der Waals surface area contributed by atoms with Gasteiger partial charge in [-0.15, -0.1) is 0 Å². The van der Waals surface area contributed by atoms with Crippen LogP contribution in [0.3, 0.4) is 0 Å². The van der Waals surface area contributed by atoms with Gasteiger partial charge in [-0.25, -0.2) is 0 Å². The van der Waals surface area contributed by atoms with Crippen LogP contribution in [0, 0.1) is 5.92 Å². The van der Waals surface area contributed by atoms with Gasteiger partial charge in [-0.3, -0.25) is 9.69 Å². The van der Waals surface area contributed by atoms with Crippen molar-refractivity contribution < 1.29 is 4.79 Å². The first-order valence-electron chi connectivity index (χ1n) is 9.00. The van der Waals surface area contributed by atoms with Gasteiger partial charge in [-0.2, -0.15) is 0 Å². The molecule has 4 nitrogen and oxygen atoms in total. The Bertz CT molecular complexity index is 497. The summed E-state index contributed by atoms with van der Waals surface area (Å²) in [6, 6.07) is 11.2. The minimum atomic E-state index is 0.227. The Hall–Kier alpha value is -1.39. The molecule has 3 rings (SSSR count). The summed E-state index contributed by atoms with van der Waals surface area (Å²) in [5, 5.41) is 3.18. The topological polar surface area (TPSA) is 58.4 Å². The lowest BCUT2D eigenvalue weighted by molar-refractivity contribution is -0.123. The first-order valence-corrected chi connectivity index (χ1v) is 9.00. The van der Waals surface area contributed by atoms with Gasteiger partial charge in [-0.1, -0.05) is 30.3 Å². The summed E-state index contributed by atoms with van der Waals surface area (Å²) in [7, 11) is 0. The van der Waals surface area contributed by atoms with Crippen LogP contribution in [0.2, 0.25) is 0 Å². The number of nitrogens with two attached hydrogens (primary N) is 1. The number of amides is 1. The average Bonchev–Trinajstić information content (AvgIpc) is 2.95. The van der Waals surface area contributed by atoms with Crippen molar-refractivity contribution in [3.05, 3.63) is 35.9 Å². The number of benzene rings is 1. The maximum Gasteiger partial charge on any atom is 0.220 e. The minimum absolute atomic E-state index is 0.227. The molecule has 0 spiro atoms. The molecule has 1 aliphatic heterocycles. The Morgan fingerprint density at radius 3 is 2.52 bits per heavy atom. The molecule has 126 valence electrons. The molecule has 4 heteroatoms. The monoisotopic (exact) mass is 315 g/mol. The fourth-order valence-electron chi connectivity index (χ4n) is 3.89. The summed E-state index contributed by atoms with van der Waals surface area (Å²) in [5.41, 5.74) is 7.28. The van der Waals surface area contributed by atoms with Gasteiger partial charge in [0.15, 0.2) is 0 Å². The highest BCUT2D eigenvalue weighted by molar-refractivity contribution is 5.76. The van der Waals surface area contributed by atoms with Gasteiger partial charge < -0.3 is 11.1 Å². The van der Waals surface area contributed by atoms with Gasteiger partial charge in [0.05, 0.1) is 0 Å². The van der Waals surface area contributed by atoms with Gasteiger partial charge in [0.1, 0.15) is 0 Å². The standard InChI is InChI=1S/C19H29N3O/c20-17-6-7-18(13-17)21-19(23)12-15-8-10-22(11-9-15)14-16-4-2-1-3-5-16/h1-5,15,17-18H,6-14,20H2,(H,21,23)/t17-,18-/m0/s1. The third-order valence-electron chi connectivity index (χ3n) is 5.27. The third-order valence-corrected chi connectivity index (χ3v) is 5.27. The van der Waals surface area contributed by atoms with E-state index in [-0.39, 0.29) is 11.9 Å². The molecule has 0 radical (unpaired) electrons. The van der Waals surface area contributed by atoms with Crippen LogP contribution in [0.1, 0.15) is 44.1 Å². The van der Waals surface area contributed by atoms with Gasteiger partial charge in [0.25, 0.3) is 0 Å². The largest absolute Gasteiger partial charge is 0.353 e. The summed E-state index contributed by atoms with van der Waals surface area (Å²) in [6.07, 6.45) is 5.98. The molecular weight excluding hydrogens is 286 g/mol. The number of hydrogen-bond donors (Lipinski definition) is 2. The number of hydrogen-bond acceptors (Lipinski definition) is 3. The van der Waals surface area contributed by atoms with E-state index in [1.54, 1.807) is 0 Å². The van der Waals surface area contributed by atoms with Crippen molar-refractivity contribution in [2.24, 2.45) is 11.7 Å². The fraction of sp³-hybridized carbons (Fsp3) is 0.632. The summed E-state index contributed by atoms with van der Waals surface area (Å²) in [4.78, 5) is 14.7. The quantitative estimate of drug-likeness (QED) is 0.876. The summed E-state index contributed by atoms with van der Waals surface area (Å²) in [6.45, 7) is 3.22. The number of nitrogens with zero attached hydrogens (tertiary/aromatic N) is 1. The molecule has 1 amide bonds. The molecule has 23 heavy (non-hydrogen) atoms. The lowest BCUT2D eigenvalue weighted by Crippen LogP contribution is -2.38. The van der Waals surface area contributed by atoms with Crippen molar-refractivity contribution in [2.45, 2.75) is 57.2 Å². The van der Waals surface area contributed by atoms with Crippen LogP contribution in [-0.2, 0) is 11.3 Å². The van der Waals surface area contributed by atoms with Crippen LogP contribution in [-0.4, -0.2) is 36.0 Å². The summed E-state index contributed by atoms with van der Waals surface area (Å²) >= 11 is 0. The molecule has 1 saturated carbocycles. The first-order chi connectivity index (χ1) is 11.2. The molecule has 1 aliphatic carbocycles. The highest BCUT2D eigenvalue weighted by atomic mass is 16.1. The van der Waals surface area contributed by atoms with E-state index in [2.05, 4.69) is 40.5 Å². The van der Waals surface area contributed by atoms with Crippen molar-refractivity contribution in [3.63, 3.8) is 0 Å². The Balaban J connectivity index is 1.36. The number of carbonyl (C=O) groups is 1. The molecule has 0 bridgehead atoms. The molecule has 1 aromatic carbocycles. The lowest BCUT2D eigenvalue weighted by Gasteiger charge is -2.32. The molecule has 2 fully saturated rings. The van der Waals surface area contributed by atoms with Crippen molar-refractivity contribution >= 4 is 5.91 Å². The lowest BCUT2D eigenvalue weighted by atomic mass is 9.93. The zero-order valence-corrected chi connectivity index (χ0v) is 13.9. The Kier molecular flexibility index (Phi) is 5.68. The highest BCUT2D eigenvalue weighted by Crippen LogP contribution is 2.23. The van der Waals surface area contributed by atoms with E-state index in [1.165, 1.54) is 5.56 Å². The molecular formula is C19H29N3O. The van der Waals surface area contributed by atoms with Crippen LogP contribution >= 0.6 is 0 Å². The van der Waals surface area contributed by atoms with Crippen LogP contribution in [0.25, 0.3) is 0 Å². The second kappa shape index (κ2) is 7.93. The van der Waals surface area contributed by atoms with Crippen molar-refractivity contribution in [3.8, 4) is 0 Å². The van der Waals surface area contributed by atoms with Gasteiger partial charge in [-0.05, 0) is 56.7 Å². The SMILES string of the molecule is N[C@H]1CC[C@H](NC(=O)CC2CCN(Cc3ccccc3)CC2)C1. The Labute approximate surface area is 139 Å². The number of nitrogens with one attached hydrogen (secondary N) is 1. The average molecular weight is 315 g/mol. The summed E-state index contributed by atoms with van der Waals surface area (Å²) in [5.74, 6) is 0.766. The molecule has 3 N–H and O–H groups in total. The van der Waals surface area contributed by atoms with E-state index in [9.17, 15) is 4.79 Å². The number of carbonyl (C=O) groups excluding carboxylic acids is 1. The third kappa shape index (κ3) is 5.05. The van der Waals surface area contributed by atoms with Crippen LogP contribution in [0.5, 0.6) is 0 Å². The van der Waals surface area contributed by atoms with Crippen LogP contribution in [0.4, 0.5) is 0 Å². The summed E-state index contributed by atoms with van der Waals surface area (Å²) < 4.78 is 0. The molecule has 2 atom stereocenters. The predicted octanol–water partition coefficient (Wildman–Crippen LogP) is 2.28.